The van der Waals surface area contributed by atoms with Gasteiger partial charge in [-0.3, -0.25) is 14.6 Å². The van der Waals surface area contributed by atoms with Crippen LogP contribution in [-0.2, 0) is 16.1 Å². The summed E-state index contributed by atoms with van der Waals surface area (Å²) in [6.45, 7) is 2.44. The molecule has 1 fully saturated rings. The third-order valence-corrected chi connectivity index (χ3v) is 4.08. The van der Waals surface area contributed by atoms with Gasteiger partial charge in [0.05, 0.1) is 11.8 Å². The van der Waals surface area contributed by atoms with Crippen LogP contribution in [0.1, 0.15) is 31.7 Å². The molecule has 5 heteroatoms. The molecular formula is C15H20N2O3. The van der Waals surface area contributed by atoms with Crippen molar-refractivity contribution in [2.24, 2.45) is 17.8 Å². The highest BCUT2D eigenvalue weighted by molar-refractivity contribution is 5.85. The second-order valence-electron chi connectivity index (χ2n) is 5.38. The predicted octanol–water partition coefficient (Wildman–Crippen LogP) is 1.83. The van der Waals surface area contributed by atoms with Crippen molar-refractivity contribution in [3.63, 3.8) is 0 Å². The summed E-state index contributed by atoms with van der Waals surface area (Å²) >= 11 is 0. The molecule has 0 aliphatic heterocycles. The predicted molar refractivity (Wildman–Crippen MR) is 73.7 cm³/mol. The van der Waals surface area contributed by atoms with E-state index in [9.17, 15) is 14.7 Å². The highest BCUT2D eigenvalue weighted by Crippen LogP contribution is 2.38. The van der Waals surface area contributed by atoms with Crippen LogP contribution in [0, 0.1) is 17.8 Å². The number of aromatic nitrogens is 1. The van der Waals surface area contributed by atoms with Crippen LogP contribution in [0.4, 0.5) is 0 Å². The maximum Gasteiger partial charge on any atom is 0.307 e. The molecule has 1 amide bonds. The number of aliphatic carboxylic acids is 1. The van der Waals surface area contributed by atoms with Crippen molar-refractivity contribution in [3.05, 3.63) is 30.1 Å². The van der Waals surface area contributed by atoms with E-state index in [1.54, 1.807) is 12.4 Å². The minimum Gasteiger partial charge on any atom is -0.481 e. The maximum absolute atomic E-state index is 12.2. The molecule has 0 spiro atoms. The van der Waals surface area contributed by atoms with E-state index < -0.39 is 17.8 Å². The number of rotatable bonds is 5. The van der Waals surface area contributed by atoms with E-state index in [2.05, 4.69) is 10.3 Å². The van der Waals surface area contributed by atoms with Crippen LogP contribution in [0.2, 0.25) is 0 Å². The largest absolute Gasteiger partial charge is 0.481 e. The van der Waals surface area contributed by atoms with E-state index in [1.807, 2.05) is 19.1 Å². The molecule has 20 heavy (non-hydrogen) atoms. The van der Waals surface area contributed by atoms with Gasteiger partial charge in [0.1, 0.15) is 0 Å². The monoisotopic (exact) mass is 276 g/mol. The average Bonchev–Trinajstić information content (AvgIpc) is 2.90. The lowest BCUT2D eigenvalue weighted by atomic mass is 9.95. The average molecular weight is 276 g/mol. The number of nitrogens with one attached hydrogen (secondary N) is 1. The Labute approximate surface area is 118 Å². The second-order valence-corrected chi connectivity index (χ2v) is 5.38. The lowest BCUT2D eigenvalue weighted by Gasteiger charge is -2.15. The molecule has 3 atom stereocenters. The van der Waals surface area contributed by atoms with Gasteiger partial charge in [0.2, 0.25) is 5.91 Å². The molecule has 2 N–H and O–H groups in total. The number of nitrogens with zero attached hydrogens (tertiary/aromatic N) is 1. The van der Waals surface area contributed by atoms with Crippen molar-refractivity contribution in [1.82, 2.24) is 10.3 Å². The minimum absolute atomic E-state index is 0.155. The number of carboxylic acid groups (broad SMARTS) is 1. The highest BCUT2D eigenvalue weighted by atomic mass is 16.4. The van der Waals surface area contributed by atoms with Crippen molar-refractivity contribution in [2.75, 3.05) is 0 Å². The summed E-state index contributed by atoms with van der Waals surface area (Å²) in [5.74, 6) is -1.63. The molecule has 0 aromatic carbocycles. The highest BCUT2D eigenvalue weighted by Gasteiger charge is 2.41. The van der Waals surface area contributed by atoms with Crippen molar-refractivity contribution in [3.8, 4) is 0 Å². The molecule has 3 unspecified atom stereocenters. The number of carbonyl (C=O) groups is 2. The van der Waals surface area contributed by atoms with Crippen LogP contribution in [0.25, 0.3) is 0 Å². The maximum atomic E-state index is 12.2. The lowest BCUT2D eigenvalue weighted by molar-refractivity contribution is -0.146. The van der Waals surface area contributed by atoms with Gasteiger partial charge < -0.3 is 10.4 Å². The SMILES string of the molecule is CCC1CC(C(=O)O)C(C(=O)NCc2cccnc2)C1. The standard InChI is InChI=1S/C15H20N2O3/c1-2-10-6-12(13(7-10)15(19)20)14(18)17-9-11-4-3-5-16-8-11/h3-5,8,10,12-13H,2,6-7,9H2,1H3,(H,17,18)(H,19,20). The molecule has 5 nitrogen and oxygen atoms in total. The van der Waals surface area contributed by atoms with Crippen molar-refractivity contribution in [2.45, 2.75) is 32.7 Å². The molecule has 108 valence electrons. The Hall–Kier alpha value is -1.91. The van der Waals surface area contributed by atoms with E-state index in [0.29, 0.717) is 25.3 Å². The molecule has 0 bridgehead atoms. The van der Waals surface area contributed by atoms with E-state index >= 15 is 0 Å². The number of hydrogen-bond acceptors (Lipinski definition) is 3. The Balaban J connectivity index is 1.95. The van der Waals surface area contributed by atoms with Gasteiger partial charge in [-0.15, -0.1) is 0 Å². The zero-order valence-electron chi connectivity index (χ0n) is 11.6. The summed E-state index contributed by atoms with van der Waals surface area (Å²) in [7, 11) is 0. The Morgan fingerprint density at radius 1 is 1.40 bits per heavy atom. The van der Waals surface area contributed by atoms with E-state index in [4.69, 9.17) is 0 Å². The van der Waals surface area contributed by atoms with Gasteiger partial charge in [-0.1, -0.05) is 19.4 Å². The molecule has 1 heterocycles. The Bertz CT molecular complexity index is 475. The van der Waals surface area contributed by atoms with Gasteiger partial charge in [0, 0.05) is 18.9 Å². The normalized spacial score (nSPS) is 25.4. The van der Waals surface area contributed by atoms with Crippen molar-refractivity contribution < 1.29 is 14.7 Å². The zero-order chi connectivity index (χ0) is 14.5. The molecule has 1 aromatic rings. The first-order chi connectivity index (χ1) is 9.61. The lowest BCUT2D eigenvalue weighted by Crippen LogP contribution is -2.34. The Morgan fingerprint density at radius 3 is 2.75 bits per heavy atom. The number of amides is 1. The first kappa shape index (κ1) is 14.5. The van der Waals surface area contributed by atoms with Crippen LogP contribution < -0.4 is 5.32 Å². The van der Waals surface area contributed by atoms with Crippen LogP contribution in [-0.4, -0.2) is 22.0 Å². The van der Waals surface area contributed by atoms with Crippen LogP contribution in [0.15, 0.2) is 24.5 Å². The second kappa shape index (κ2) is 6.50. The quantitative estimate of drug-likeness (QED) is 0.860. The van der Waals surface area contributed by atoms with E-state index in [-0.39, 0.29) is 5.91 Å². The van der Waals surface area contributed by atoms with Gasteiger partial charge in [-0.2, -0.15) is 0 Å². The Morgan fingerprint density at radius 2 is 2.15 bits per heavy atom. The van der Waals surface area contributed by atoms with Gasteiger partial charge in [-0.25, -0.2) is 0 Å². The van der Waals surface area contributed by atoms with E-state index in [1.165, 1.54) is 0 Å². The molecule has 2 rings (SSSR count). The molecule has 1 saturated carbocycles. The fourth-order valence-electron chi connectivity index (χ4n) is 2.86. The third-order valence-electron chi connectivity index (χ3n) is 4.08. The fourth-order valence-corrected chi connectivity index (χ4v) is 2.86. The summed E-state index contributed by atoms with van der Waals surface area (Å²) in [6, 6.07) is 3.69. The number of pyridine rings is 1. The van der Waals surface area contributed by atoms with Crippen LogP contribution >= 0.6 is 0 Å². The molecule has 1 aromatic heterocycles. The topological polar surface area (TPSA) is 79.3 Å². The number of carboxylic acids is 1. The number of hydrogen-bond donors (Lipinski definition) is 2. The van der Waals surface area contributed by atoms with E-state index in [0.717, 1.165) is 12.0 Å². The number of carbonyl (C=O) groups excluding carboxylic acids is 1. The summed E-state index contributed by atoms with van der Waals surface area (Å²) in [5, 5.41) is 12.1. The first-order valence-electron chi connectivity index (χ1n) is 7.01. The third kappa shape index (κ3) is 3.35. The molecule has 1 aliphatic rings. The summed E-state index contributed by atoms with van der Waals surface area (Å²) < 4.78 is 0. The first-order valence-corrected chi connectivity index (χ1v) is 7.01. The van der Waals surface area contributed by atoms with Crippen LogP contribution in [0.3, 0.4) is 0 Å². The molecule has 1 aliphatic carbocycles. The molecular weight excluding hydrogens is 256 g/mol. The summed E-state index contributed by atoms with van der Waals surface area (Å²) in [6.07, 6.45) is 5.58. The van der Waals surface area contributed by atoms with Crippen molar-refractivity contribution in [1.29, 1.82) is 0 Å². The van der Waals surface area contributed by atoms with Gasteiger partial charge in [-0.05, 0) is 30.4 Å². The van der Waals surface area contributed by atoms with Gasteiger partial charge in [0.25, 0.3) is 0 Å². The summed E-state index contributed by atoms with van der Waals surface area (Å²) in [4.78, 5) is 27.4. The van der Waals surface area contributed by atoms with Crippen molar-refractivity contribution >= 4 is 11.9 Å². The molecule has 0 saturated heterocycles. The smallest absolute Gasteiger partial charge is 0.307 e. The minimum atomic E-state index is -0.859. The zero-order valence-corrected chi connectivity index (χ0v) is 11.6. The van der Waals surface area contributed by atoms with Crippen LogP contribution in [0.5, 0.6) is 0 Å². The molecule has 0 radical (unpaired) electrons. The van der Waals surface area contributed by atoms with Gasteiger partial charge >= 0.3 is 5.97 Å². The summed E-state index contributed by atoms with van der Waals surface area (Å²) in [5.41, 5.74) is 0.915. The Kier molecular flexibility index (Phi) is 4.71. The fraction of sp³-hybridized carbons (Fsp3) is 0.533. The van der Waals surface area contributed by atoms with Gasteiger partial charge in [0.15, 0.2) is 0 Å².